The molecule has 0 aliphatic heterocycles. The fourth-order valence-electron chi connectivity index (χ4n) is 2.78. The van der Waals surface area contributed by atoms with E-state index in [2.05, 4.69) is 10.3 Å². The highest BCUT2D eigenvalue weighted by Gasteiger charge is 2.11. The van der Waals surface area contributed by atoms with Crippen molar-refractivity contribution < 1.29 is 14.3 Å². The Morgan fingerprint density at radius 2 is 1.96 bits per heavy atom. The van der Waals surface area contributed by atoms with Crippen LogP contribution < -0.4 is 14.8 Å². The molecule has 1 amide bonds. The standard InChI is InChI=1S/C20H22N2O3/c1-14(23)21-9-8-16-12-22-18-11-20(19(24-2)10-17(16)18)25-13-15-6-4-3-5-7-15/h3-7,10-12,22H,8-9,13H2,1-2H3,(H,21,23). The number of fused-ring (bicyclic) bond motifs is 1. The van der Waals surface area contributed by atoms with Gasteiger partial charge in [0, 0.05) is 36.6 Å². The minimum absolute atomic E-state index is 0.0194. The summed E-state index contributed by atoms with van der Waals surface area (Å²) in [5.74, 6) is 1.38. The van der Waals surface area contributed by atoms with Crippen LogP contribution in [0.5, 0.6) is 11.5 Å². The van der Waals surface area contributed by atoms with Gasteiger partial charge in [-0.1, -0.05) is 30.3 Å². The molecule has 0 radical (unpaired) electrons. The highest BCUT2D eigenvalue weighted by atomic mass is 16.5. The largest absolute Gasteiger partial charge is 0.493 e. The van der Waals surface area contributed by atoms with Gasteiger partial charge in [0.25, 0.3) is 0 Å². The van der Waals surface area contributed by atoms with E-state index < -0.39 is 0 Å². The first kappa shape index (κ1) is 16.9. The number of amides is 1. The van der Waals surface area contributed by atoms with E-state index in [1.807, 2.05) is 48.7 Å². The molecule has 1 heterocycles. The van der Waals surface area contributed by atoms with Gasteiger partial charge in [-0.3, -0.25) is 4.79 Å². The number of methoxy groups -OCH3 is 1. The normalized spacial score (nSPS) is 10.6. The van der Waals surface area contributed by atoms with Crippen LogP contribution in [-0.2, 0) is 17.8 Å². The smallest absolute Gasteiger partial charge is 0.216 e. The van der Waals surface area contributed by atoms with E-state index in [0.29, 0.717) is 24.7 Å². The van der Waals surface area contributed by atoms with Gasteiger partial charge in [0.05, 0.1) is 7.11 Å². The molecule has 130 valence electrons. The first-order valence-corrected chi connectivity index (χ1v) is 8.26. The van der Waals surface area contributed by atoms with E-state index >= 15 is 0 Å². The van der Waals surface area contributed by atoms with Crippen molar-refractivity contribution in [2.75, 3.05) is 13.7 Å². The molecule has 0 saturated heterocycles. The van der Waals surface area contributed by atoms with Crippen molar-refractivity contribution in [3.05, 3.63) is 59.8 Å². The second-order valence-corrected chi connectivity index (χ2v) is 5.87. The lowest BCUT2D eigenvalue weighted by Crippen LogP contribution is -2.22. The SMILES string of the molecule is COc1cc2c(CCNC(C)=O)c[nH]c2cc1OCc1ccccc1. The van der Waals surface area contributed by atoms with E-state index in [1.54, 1.807) is 7.11 Å². The quantitative estimate of drug-likeness (QED) is 0.694. The summed E-state index contributed by atoms with van der Waals surface area (Å²) in [5, 5.41) is 3.90. The Balaban J connectivity index is 1.79. The Kier molecular flexibility index (Phi) is 5.23. The maximum atomic E-state index is 11.0. The fraction of sp³-hybridized carbons (Fsp3) is 0.250. The summed E-state index contributed by atoms with van der Waals surface area (Å²) < 4.78 is 11.4. The van der Waals surface area contributed by atoms with E-state index in [0.717, 1.165) is 28.5 Å². The molecule has 0 saturated carbocycles. The van der Waals surface area contributed by atoms with Crippen LogP contribution in [0.25, 0.3) is 10.9 Å². The molecule has 0 aliphatic rings. The van der Waals surface area contributed by atoms with Gasteiger partial charge in [-0.15, -0.1) is 0 Å². The van der Waals surface area contributed by atoms with Crippen molar-refractivity contribution in [3.63, 3.8) is 0 Å². The molecule has 2 aromatic carbocycles. The molecular weight excluding hydrogens is 316 g/mol. The van der Waals surface area contributed by atoms with E-state index in [9.17, 15) is 4.79 Å². The molecule has 0 atom stereocenters. The van der Waals surface area contributed by atoms with Gasteiger partial charge < -0.3 is 19.8 Å². The number of aromatic amines is 1. The lowest BCUT2D eigenvalue weighted by atomic mass is 10.1. The second-order valence-electron chi connectivity index (χ2n) is 5.87. The predicted octanol–water partition coefficient (Wildman–Crippen LogP) is 3.43. The molecule has 5 nitrogen and oxygen atoms in total. The molecule has 3 rings (SSSR count). The number of aromatic nitrogens is 1. The summed E-state index contributed by atoms with van der Waals surface area (Å²) in [6.07, 6.45) is 2.72. The van der Waals surface area contributed by atoms with Gasteiger partial charge in [-0.25, -0.2) is 0 Å². The van der Waals surface area contributed by atoms with Crippen molar-refractivity contribution in [2.45, 2.75) is 20.0 Å². The zero-order chi connectivity index (χ0) is 17.6. The van der Waals surface area contributed by atoms with Gasteiger partial charge in [0.2, 0.25) is 5.91 Å². The van der Waals surface area contributed by atoms with Crippen LogP contribution in [0.15, 0.2) is 48.7 Å². The average Bonchev–Trinajstić information content (AvgIpc) is 3.01. The Hall–Kier alpha value is -2.95. The number of ether oxygens (including phenoxy) is 2. The van der Waals surface area contributed by atoms with Gasteiger partial charge >= 0.3 is 0 Å². The van der Waals surface area contributed by atoms with Crippen LogP contribution in [0.4, 0.5) is 0 Å². The van der Waals surface area contributed by atoms with Gasteiger partial charge in [0.1, 0.15) is 6.61 Å². The Bertz CT molecular complexity index is 856. The Morgan fingerprint density at radius 1 is 1.16 bits per heavy atom. The van der Waals surface area contributed by atoms with Crippen LogP contribution in [0.2, 0.25) is 0 Å². The third-order valence-corrected chi connectivity index (χ3v) is 4.06. The summed E-state index contributed by atoms with van der Waals surface area (Å²) in [7, 11) is 1.64. The average molecular weight is 338 g/mol. The number of hydrogen-bond acceptors (Lipinski definition) is 3. The zero-order valence-electron chi connectivity index (χ0n) is 14.5. The van der Waals surface area contributed by atoms with Crippen LogP contribution in [0.3, 0.4) is 0 Å². The Morgan fingerprint density at radius 3 is 2.68 bits per heavy atom. The second kappa shape index (κ2) is 7.75. The molecule has 2 N–H and O–H groups in total. The third kappa shape index (κ3) is 4.12. The molecular formula is C20H22N2O3. The summed E-state index contributed by atoms with van der Waals surface area (Å²) in [6, 6.07) is 14.0. The van der Waals surface area contributed by atoms with Crippen LogP contribution in [-0.4, -0.2) is 24.5 Å². The summed E-state index contributed by atoms with van der Waals surface area (Å²) >= 11 is 0. The van der Waals surface area contributed by atoms with Crippen LogP contribution in [0.1, 0.15) is 18.1 Å². The molecule has 5 heteroatoms. The highest BCUT2D eigenvalue weighted by molar-refractivity contribution is 5.86. The van der Waals surface area contributed by atoms with Crippen molar-refractivity contribution in [2.24, 2.45) is 0 Å². The van der Waals surface area contributed by atoms with Crippen molar-refractivity contribution in [1.82, 2.24) is 10.3 Å². The number of carbonyl (C=O) groups is 1. The van der Waals surface area contributed by atoms with Crippen molar-refractivity contribution in [3.8, 4) is 11.5 Å². The summed E-state index contributed by atoms with van der Waals surface area (Å²) in [6.45, 7) is 2.62. The maximum Gasteiger partial charge on any atom is 0.216 e. The van der Waals surface area contributed by atoms with E-state index in [4.69, 9.17) is 9.47 Å². The monoisotopic (exact) mass is 338 g/mol. The topological polar surface area (TPSA) is 63.3 Å². The summed E-state index contributed by atoms with van der Waals surface area (Å²) in [4.78, 5) is 14.3. The van der Waals surface area contributed by atoms with Crippen molar-refractivity contribution in [1.29, 1.82) is 0 Å². The molecule has 0 unspecified atom stereocenters. The molecule has 0 fully saturated rings. The summed E-state index contributed by atoms with van der Waals surface area (Å²) in [5.41, 5.74) is 3.23. The van der Waals surface area contributed by atoms with E-state index in [-0.39, 0.29) is 5.91 Å². The lowest BCUT2D eigenvalue weighted by molar-refractivity contribution is -0.118. The Labute approximate surface area is 147 Å². The lowest BCUT2D eigenvalue weighted by Gasteiger charge is -2.11. The first-order valence-electron chi connectivity index (χ1n) is 8.26. The van der Waals surface area contributed by atoms with Crippen LogP contribution >= 0.6 is 0 Å². The number of hydrogen-bond donors (Lipinski definition) is 2. The van der Waals surface area contributed by atoms with Crippen molar-refractivity contribution >= 4 is 16.8 Å². The number of H-pyrrole nitrogens is 1. The molecule has 0 aliphatic carbocycles. The third-order valence-electron chi connectivity index (χ3n) is 4.06. The number of rotatable bonds is 7. The minimum Gasteiger partial charge on any atom is -0.493 e. The minimum atomic E-state index is -0.0194. The first-order chi connectivity index (χ1) is 12.2. The highest BCUT2D eigenvalue weighted by Crippen LogP contribution is 2.34. The van der Waals surface area contributed by atoms with E-state index in [1.165, 1.54) is 6.92 Å². The fourth-order valence-corrected chi connectivity index (χ4v) is 2.78. The molecule has 1 aromatic heterocycles. The molecule has 0 spiro atoms. The molecule has 3 aromatic rings. The zero-order valence-corrected chi connectivity index (χ0v) is 14.5. The number of nitrogens with one attached hydrogen (secondary N) is 2. The van der Waals surface area contributed by atoms with Gasteiger partial charge in [-0.2, -0.15) is 0 Å². The molecule has 25 heavy (non-hydrogen) atoms. The predicted molar refractivity (Wildman–Crippen MR) is 98.0 cm³/mol. The van der Waals surface area contributed by atoms with Gasteiger partial charge in [0.15, 0.2) is 11.5 Å². The van der Waals surface area contributed by atoms with Gasteiger partial charge in [-0.05, 0) is 23.6 Å². The maximum absolute atomic E-state index is 11.0. The number of benzene rings is 2. The molecule has 0 bridgehead atoms. The van der Waals surface area contributed by atoms with Crippen LogP contribution in [0, 0.1) is 0 Å². The number of carbonyl (C=O) groups excluding carboxylic acids is 1.